The minimum Gasteiger partial charge on any atom is -0.372 e. The second kappa shape index (κ2) is 7.12. The molecule has 0 atom stereocenters. The number of carbonyl (C=O) groups is 1. The van der Waals surface area contributed by atoms with Crippen LogP contribution >= 0.6 is 0 Å². The van der Waals surface area contributed by atoms with Gasteiger partial charge in [0, 0.05) is 24.5 Å². The van der Waals surface area contributed by atoms with Gasteiger partial charge in [0.1, 0.15) is 12.7 Å². The second-order valence-corrected chi connectivity index (χ2v) is 5.80. The summed E-state index contributed by atoms with van der Waals surface area (Å²) < 4.78 is 1.38. The van der Waals surface area contributed by atoms with Gasteiger partial charge in [0.25, 0.3) is 0 Å². The molecule has 3 rings (SSSR count). The topological polar surface area (TPSA) is 93.3 Å². The largest absolute Gasteiger partial charge is 0.381 e. The number of rotatable bonds is 5. The molecular formula is C16H19N5O3. The summed E-state index contributed by atoms with van der Waals surface area (Å²) in [6.07, 6.45) is 6.23. The third kappa shape index (κ3) is 3.89. The minimum absolute atomic E-state index is 0.0191. The molecule has 1 aliphatic heterocycles. The quantitative estimate of drug-likeness (QED) is 0.671. The van der Waals surface area contributed by atoms with Crippen LogP contribution in [0.2, 0.25) is 0 Å². The maximum Gasteiger partial charge on any atom is 0.381 e. The van der Waals surface area contributed by atoms with Crippen molar-refractivity contribution in [1.29, 1.82) is 0 Å². The number of anilines is 2. The highest BCUT2D eigenvalue weighted by Gasteiger charge is 2.13. The molecule has 1 fully saturated rings. The zero-order valence-electron chi connectivity index (χ0n) is 13.2. The Kier molecular flexibility index (Phi) is 4.74. The fourth-order valence-electron chi connectivity index (χ4n) is 2.80. The van der Waals surface area contributed by atoms with E-state index >= 15 is 0 Å². The molecule has 0 radical (unpaired) electrons. The monoisotopic (exact) mass is 329 g/mol. The molecule has 0 aliphatic carbocycles. The van der Waals surface area contributed by atoms with E-state index in [1.54, 1.807) is 0 Å². The first kappa shape index (κ1) is 16.0. The third-order valence-electron chi connectivity index (χ3n) is 4.01. The average molecular weight is 329 g/mol. The number of piperidine rings is 1. The highest BCUT2D eigenvalue weighted by molar-refractivity contribution is 5.90. The summed E-state index contributed by atoms with van der Waals surface area (Å²) >= 11 is 0. The molecule has 1 aromatic carbocycles. The van der Waals surface area contributed by atoms with Gasteiger partial charge >= 0.3 is 5.82 Å². The van der Waals surface area contributed by atoms with E-state index in [1.807, 2.05) is 24.3 Å². The summed E-state index contributed by atoms with van der Waals surface area (Å²) in [7, 11) is 0. The molecule has 1 aliphatic rings. The van der Waals surface area contributed by atoms with Crippen LogP contribution in [0.5, 0.6) is 0 Å². The van der Waals surface area contributed by atoms with E-state index in [0.717, 1.165) is 18.8 Å². The highest BCUT2D eigenvalue weighted by atomic mass is 16.6. The summed E-state index contributed by atoms with van der Waals surface area (Å²) in [6, 6.07) is 7.75. The first-order chi connectivity index (χ1) is 11.6. The number of hydrogen-bond donors (Lipinski definition) is 1. The Morgan fingerprint density at radius 1 is 1.21 bits per heavy atom. The van der Waals surface area contributed by atoms with Crippen LogP contribution in [-0.4, -0.2) is 33.5 Å². The smallest absolute Gasteiger partial charge is 0.372 e. The van der Waals surface area contributed by atoms with Crippen LogP contribution in [0.1, 0.15) is 19.3 Å². The molecule has 2 aromatic rings. The zero-order valence-corrected chi connectivity index (χ0v) is 13.2. The van der Waals surface area contributed by atoms with Crippen LogP contribution in [0.4, 0.5) is 17.2 Å². The van der Waals surface area contributed by atoms with Crippen LogP contribution < -0.4 is 10.2 Å². The Labute approximate surface area is 139 Å². The fourth-order valence-corrected chi connectivity index (χ4v) is 2.80. The zero-order chi connectivity index (χ0) is 16.9. The summed E-state index contributed by atoms with van der Waals surface area (Å²) in [5, 5.41) is 13.4. The van der Waals surface area contributed by atoms with Gasteiger partial charge in [0.15, 0.2) is 0 Å². The normalized spacial score (nSPS) is 14.4. The molecule has 0 unspecified atom stereocenters. The van der Waals surface area contributed by atoms with Crippen molar-refractivity contribution in [3.05, 3.63) is 46.9 Å². The number of nitrogens with zero attached hydrogens (tertiary/aromatic N) is 4. The number of benzene rings is 1. The third-order valence-corrected chi connectivity index (χ3v) is 4.01. The van der Waals surface area contributed by atoms with Crippen molar-refractivity contribution in [3.8, 4) is 0 Å². The number of aromatic nitrogens is 2. The molecule has 126 valence electrons. The molecule has 0 bridgehead atoms. The lowest BCUT2D eigenvalue weighted by Gasteiger charge is -2.28. The Hall–Kier alpha value is -2.90. The predicted molar refractivity (Wildman–Crippen MR) is 90.0 cm³/mol. The van der Waals surface area contributed by atoms with Gasteiger partial charge in [0.2, 0.25) is 12.2 Å². The van der Waals surface area contributed by atoms with E-state index in [2.05, 4.69) is 15.2 Å². The van der Waals surface area contributed by atoms with Gasteiger partial charge in [-0.3, -0.25) is 4.79 Å². The van der Waals surface area contributed by atoms with Crippen LogP contribution in [0.3, 0.4) is 0 Å². The number of carbonyl (C=O) groups excluding carboxylic acids is 1. The highest BCUT2D eigenvalue weighted by Crippen LogP contribution is 2.21. The number of amides is 1. The molecule has 8 heteroatoms. The van der Waals surface area contributed by atoms with E-state index < -0.39 is 4.92 Å². The van der Waals surface area contributed by atoms with Crippen molar-refractivity contribution in [2.45, 2.75) is 25.8 Å². The Morgan fingerprint density at radius 3 is 2.54 bits per heavy atom. The van der Waals surface area contributed by atoms with Gasteiger partial charge in [-0.15, -0.1) is 0 Å². The molecule has 1 saturated heterocycles. The second-order valence-electron chi connectivity index (χ2n) is 5.80. The molecule has 1 aromatic heterocycles. The molecule has 1 N–H and O–H groups in total. The van der Waals surface area contributed by atoms with E-state index in [1.165, 1.54) is 36.4 Å². The summed E-state index contributed by atoms with van der Waals surface area (Å²) in [4.78, 5) is 28.0. The van der Waals surface area contributed by atoms with Crippen LogP contribution in [0.25, 0.3) is 0 Å². The molecule has 1 amide bonds. The predicted octanol–water partition coefficient (Wildman–Crippen LogP) is 2.42. The average Bonchev–Trinajstić information content (AvgIpc) is 3.05. The van der Waals surface area contributed by atoms with Gasteiger partial charge < -0.3 is 24.9 Å². The molecule has 8 nitrogen and oxygen atoms in total. The first-order valence-corrected chi connectivity index (χ1v) is 7.93. The molecule has 2 heterocycles. The Balaban J connectivity index is 1.56. The van der Waals surface area contributed by atoms with Crippen molar-refractivity contribution >= 4 is 23.1 Å². The standard InChI is InChI=1S/C16H19N5O3/c22-16(11-19-10-15(17-12-19)21(23)24)18-13-4-6-14(7-5-13)20-8-2-1-3-9-20/h4-7,10,12H,1-3,8-9,11H2,(H,18,22). The van der Waals surface area contributed by atoms with Gasteiger partial charge in [-0.05, 0) is 53.4 Å². The molecule has 24 heavy (non-hydrogen) atoms. The number of hydrogen-bond acceptors (Lipinski definition) is 5. The van der Waals surface area contributed by atoms with Crippen LogP contribution in [0.15, 0.2) is 36.8 Å². The molecule has 0 saturated carbocycles. The van der Waals surface area contributed by atoms with Gasteiger partial charge in [-0.1, -0.05) is 0 Å². The maximum atomic E-state index is 12.0. The lowest BCUT2D eigenvalue weighted by molar-refractivity contribution is -0.389. The Bertz CT molecular complexity index is 720. The van der Waals surface area contributed by atoms with E-state index in [4.69, 9.17) is 0 Å². The number of imidazole rings is 1. The van der Waals surface area contributed by atoms with Crippen LogP contribution in [-0.2, 0) is 11.3 Å². The summed E-state index contributed by atoms with van der Waals surface area (Å²) in [5.41, 5.74) is 1.87. The van der Waals surface area contributed by atoms with E-state index in [0.29, 0.717) is 5.69 Å². The first-order valence-electron chi connectivity index (χ1n) is 7.93. The van der Waals surface area contributed by atoms with Crippen molar-refractivity contribution < 1.29 is 9.72 Å². The number of nitro groups is 1. The van der Waals surface area contributed by atoms with Gasteiger partial charge in [-0.2, -0.15) is 0 Å². The van der Waals surface area contributed by atoms with Gasteiger partial charge in [-0.25, -0.2) is 0 Å². The van der Waals surface area contributed by atoms with Crippen LogP contribution in [0, 0.1) is 10.1 Å². The summed E-state index contributed by atoms with van der Waals surface area (Å²) in [6.45, 7) is 2.13. The molecular weight excluding hydrogens is 310 g/mol. The number of nitrogens with one attached hydrogen (secondary N) is 1. The summed E-state index contributed by atoms with van der Waals surface area (Å²) in [5.74, 6) is -0.526. The Morgan fingerprint density at radius 2 is 1.92 bits per heavy atom. The van der Waals surface area contributed by atoms with E-state index in [9.17, 15) is 14.9 Å². The minimum atomic E-state index is -0.590. The van der Waals surface area contributed by atoms with Gasteiger partial charge in [0.05, 0.1) is 0 Å². The molecule has 0 spiro atoms. The van der Waals surface area contributed by atoms with Crippen molar-refractivity contribution in [3.63, 3.8) is 0 Å². The SMILES string of the molecule is O=C(Cn1cnc([N+](=O)[O-])c1)Nc1ccc(N2CCCCC2)cc1. The lowest BCUT2D eigenvalue weighted by Crippen LogP contribution is -2.29. The van der Waals surface area contributed by atoms with Crippen molar-refractivity contribution in [2.75, 3.05) is 23.3 Å². The lowest BCUT2D eigenvalue weighted by atomic mass is 10.1. The van der Waals surface area contributed by atoms with Crippen molar-refractivity contribution in [1.82, 2.24) is 9.55 Å². The van der Waals surface area contributed by atoms with Crippen molar-refractivity contribution in [2.24, 2.45) is 0 Å². The maximum absolute atomic E-state index is 12.0. The van der Waals surface area contributed by atoms with E-state index in [-0.39, 0.29) is 18.3 Å². The fraction of sp³-hybridized carbons (Fsp3) is 0.375.